The second-order valence-corrected chi connectivity index (χ2v) is 6.02. The maximum atomic E-state index is 4.62. The van der Waals surface area contributed by atoms with Crippen molar-refractivity contribution in [3.63, 3.8) is 0 Å². The van der Waals surface area contributed by atoms with Gasteiger partial charge in [0.1, 0.15) is 0 Å². The fraction of sp³-hybridized carbons (Fsp3) is 0.500. The highest BCUT2D eigenvalue weighted by Gasteiger charge is 2.18. The first-order valence-corrected chi connectivity index (χ1v) is 8.10. The molecule has 3 nitrogen and oxygen atoms in total. The highest BCUT2D eigenvalue weighted by Crippen LogP contribution is 2.23. The van der Waals surface area contributed by atoms with Crippen LogP contribution in [-0.2, 0) is 19.4 Å². The molecule has 0 amide bonds. The summed E-state index contributed by atoms with van der Waals surface area (Å²) in [5.74, 6) is 0. The van der Waals surface area contributed by atoms with Crippen molar-refractivity contribution in [3.8, 4) is 0 Å². The van der Waals surface area contributed by atoms with E-state index in [1.54, 1.807) is 0 Å². The Morgan fingerprint density at radius 2 is 2.14 bits per heavy atom. The summed E-state index contributed by atoms with van der Waals surface area (Å²) >= 11 is 0. The Kier molecular flexibility index (Phi) is 4.39. The molecule has 1 aliphatic carbocycles. The molecule has 1 atom stereocenters. The van der Waals surface area contributed by atoms with Crippen molar-refractivity contribution in [1.82, 2.24) is 14.9 Å². The highest BCUT2D eigenvalue weighted by atomic mass is 15.1. The van der Waals surface area contributed by atoms with Gasteiger partial charge in [-0.05, 0) is 44.7 Å². The van der Waals surface area contributed by atoms with Crippen LogP contribution in [0, 0.1) is 6.92 Å². The molecule has 1 aliphatic rings. The van der Waals surface area contributed by atoms with Crippen LogP contribution in [0.15, 0.2) is 30.6 Å². The molecular formula is C18H25N3. The standard InChI is InChI=1S/C18H25N3/c1-3-19-17(15-8-6-7-14(2)11-15)12-21-13-20-16-9-4-5-10-18(16)21/h6-8,11,13,17,19H,3-5,9-10,12H2,1-2H3. The molecule has 0 spiro atoms. The zero-order valence-corrected chi connectivity index (χ0v) is 13.1. The number of rotatable bonds is 5. The van der Waals surface area contributed by atoms with Crippen molar-refractivity contribution in [2.45, 2.75) is 52.1 Å². The van der Waals surface area contributed by atoms with Crippen LogP contribution in [0.3, 0.4) is 0 Å². The van der Waals surface area contributed by atoms with Gasteiger partial charge in [-0.3, -0.25) is 0 Å². The molecule has 0 bridgehead atoms. The Hall–Kier alpha value is -1.61. The SMILES string of the molecule is CCNC(Cn1cnc2c1CCCC2)c1cccc(C)c1. The van der Waals surface area contributed by atoms with E-state index in [9.17, 15) is 0 Å². The van der Waals surface area contributed by atoms with Gasteiger partial charge in [0.05, 0.1) is 18.1 Å². The number of hydrogen-bond acceptors (Lipinski definition) is 2. The second kappa shape index (κ2) is 6.44. The monoisotopic (exact) mass is 283 g/mol. The van der Waals surface area contributed by atoms with Crippen molar-refractivity contribution in [1.29, 1.82) is 0 Å². The fourth-order valence-electron chi connectivity index (χ4n) is 3.31. The summed E-state index contributed by atoms with van der Waals surface area (Å²) in [4.78, 5) is 4.62. The molecule has 0 saturated heterocycles. The van der Waals surface area contributed by atoms with Crippen molar-refractivity contribution in [2.75, 3.05) is 6.54 Å². The van der Waals surface area contributed by atoms with E-state index in [1.165, 1.54) is 41.8 Å². The van der Waals surface area contributed by atoms with Gasteiger partial charge in [0.25, 0.3) is 0 Å². The van der Waals surface area contributed by atoms with Gasteiger partial charge in [0.2, 0.25) is 0 Å². The minimum Gasteiger partial charge on any atom is -0.332 e. The number of aryl methyl sites for hydroxylation is 2. The predicted octanol–water partition coefficient (Wildman–Crippen LogP) is 3.42. The van der Waals surface area contributed by atoms with Gasteiger partial charge >= 0.3 is 0 Å². The zero-order chi connectivity index (χ0) is 14.7. The van der Waals surface area contributed by atoms with E-state index in [4.69, 9.17) is 0 Å². The third-order valence-corrected chi connectivity index (χ3v) is 4.38. The Labute approximate surface area is 127 Å². The molecule has 1 heterocycles. The zero-order valence-electron chi connectivity index (χ0n) is 13.1. The quantitative estimate of drug-likeness (QED) is 0.911. The maximum absolute atomic E-state index is 4.62. The lowest BCUT2D eigenvalue weighted by molar-refractivity contribution is 0.461. The van der Waals surface area contributed by atoms with Gasteiger partial charge in [0.15, 0.2) is 0 Å². The summed E-state index contributed by atoms with van der Waals surface area (Å²) in [6, 6.07) is 9.18. The topological polar surface area (TPSA) is 29.9 Å². The summed E-state index contributed by atoms with van der Waals surface area (Å²) < 4.78 is 2.37. The lowest BCUT2D eigenvalue weighted by Gasteiger charge is -2.22. The molecule has 0 fully saturated rings. The lowest BCUT2D eigenvalue weighted by atomic mass is 10.0. The van der Waals surface area contributed by atoms with E-state index in [-0.39, 0.29) is 0 Å². The Balaban J connectivity index is 1.84. The van der Waals surface area contributed by atoms with E-state index in [2.05, 4.69) is 53.0 Å². The van der Waals surface area contributed by atoms with E-state index in [1.807, 2.05) is 6.33 Å². The van der Waals surface area contributed by atoms with Gasteiger partial charge in [-0.25, -0.2) is 4.98 Å². The number of hydrogen-bond donors (Lipinski definition) is 1. The molecular weight excluding hydrogens is 258 g/mol. The first-order valence-electron chi connectivity index (χ1n) is 8.10. The fourth-order valence-corrected chi connectivity index (χ4v) is 3.31. The number of fused-ring (bicyclic) bond motifs is 1. The first kappa shape index (κ1) is 14.3. The molecule has 0 radical (unpaired) electrons. The summed E-state index contributed by atoms with van der Waals surface area (Å²) in [7, 11) is 0. The molecule has 21 heavy (non-hydrogen) atoms. The van der Waals surface area contributed by atoms with Gasteiger partial charge in [-0.15, -0.1) is 0 Å². The van der Waals surface area contributed by atoms with Crippen LogP contribution in [0.5, 0.6) is 0 Å². The number of benzene rings is 1. The van der Waals surface area contributed by atoms with E-state index >= 15 is 0 Å². The normalized spacial score (nSPS) is 15.7. The summed E-state index contributed by atoms with van der Waals surface area (Å²) in [6.45, 7) is 6.28. The molecule has 2 aromatic rings. The van der Waals surface area contributed by atoms with Crippen LogP contribution in [0.1, 0.15) is 48.3 Å². The van der Waals surface area contributed by atoms with Gasteiger partial charge in [-0.2, -0.15) is 0 Å². The smallest absolute Gasteiger partial charge is 0.0952 e. The molecule has 3 heteroatoms. The van der Waals surface area contributed by atoms with Gasteiger partial charge in [0, 0.05) is 12.2 Å². The third-order valence-electron chi connectivity index (χ3n) is 4.38. The Morgan fingerprint density at radius 1 is 1.29 bits per heavy atom. The summed E-state index contributed by atoms with van der Waals surface area (Å²) in [5.41, 5.74) is 5.47. The number of aromatic nitrogens is 2. The molecule has 3 rings (SSSR count). The van der Waals surface area contributed by atoms with Crippen LogP contribution in [-0.4, -0.2) is 16.1 Å². The molecule has 1 unspecified atom stereocenters. The van der Waals surface area contributed by atoms with Crippen molar-refractivity contribution >= 4 is 0 Å². The van der Waals surface area contributed by atoms with E-state index in [0.717, 1.165) is 19.5 Å². The number of nitrogens with zero attached hydrogens (tertiary/aromatic N) is 2. The van der Waals surface area contributed by atoms with Crippen LogP contribution >= 0.6 is 0 Å². The number of likely N-dealkylation sites (N-methyl/N-ethyl adjacent to an activating group) is 1. The average molecular weight is 283 g/mol. The molecule has 0 saturated carbocycles. The second-order valence-electron chi connectivity index (χ2n) is 6.02. The third kappa shape index (κ3) is 3.18. The summed E-state index contributed by atoms with van der Waals surface area (Å²) in [5, 5.41) is 3.62. The van der Waals surface area contributed by atoms with Crippen LogP contribution < -0.4 is 5.32 Å². The first-order chi connectivity index (χ1) is 10.3. The van der Waals surface area contributed by atoms with E-state index in [0.29, 0.717) is 6.04 Å². The average Bonchev–Trinajstić information content (AvgIpc) is 2.90. The van der Waals surface area contributed by atoms with Crippen molar-refractivity contribution in [3.05, 3.63) is 53.1 Å². The molecule has 1 aromatic carbocycles. The number of imidazole rings is 1. The largest absolute Gasteiger partial charge is 0.332 e. The Morgan fingerprint density at radius 3 is 2.95 bits per heavy atom. The minimum atomic E-state index is 0.357. The predicted molar refractivity (Wildman–Crippen MR) is 86.5 cm³/mol. The molecule has 1 aromatic heterocycles. The van der Waals surface area contributed by atoms with Crippen molar-refractivity contribution < 1.29 is 0 Å². The minimum absolute atomic E-state index is 0.357. The Bertz CT molecular complexity index is 600. The van der Waals surface area contributed by atoms with Gasteiger partial charge in [-0.1, -0.05) is 36.8 Å². The van der Waals surface area contributed by atoms with Crippen molar-refractivity contribution in [2.24, 2.45) is 0 Å². The molecule has 112 valence electrons. The van der Waals surface area contributed by atoms with Crippen LogP contribution in [0.4, 0.5) is 0 Å². The maximum Gasteiger partial charge on any atom is 0.0952 e. The number of nitrogens with one attached hydrogen (secondary N) is 1. The van der Waals surface area contributed by atoms with E-state index < -0.39 is 0 Å². The highest BCUT2D eigenvalue weighted by molar-refractivity contribution is 5.25. The van der Waals surface area contributed by atoms with Gasteiger partial charge < -0.3 is 9.88 Å². The molecule has 1 N–H and O–H groups in total. The lowest BCUT2D eigenvalue weighted by Crippen LogP contribution is -2.26. The van der Waals surface area contributed by atoms with Crippen LogP contribution in [0.2, 0.25) is 0 Å². The summed E-state index contributed by atoms with van der Waals surface area (Å²) in [6.07, 6.45) is 6.96. The molecule has 0 aliphatic heterocycles. The van der Waals surface area contributed by atoms with Crippen LogP contribution in [0.25, 0.3) is 0 Å².